The Labute approximate surface area is 176 Å². The van der Waals surface area contributed by atoms with Crippen molar-refractivity contribution in [3.63, 3.8) is 0 Å². The molecule has 0 bridgehead atoms. The monoisotopic (exact) mass is 410 g/mol. The van der Waals surface area contributed by atoms with Gasteiger partial charge in [0.15, 0.2) is 6.61 Å². The van der Waals surface area contributed by atoms with Crippen molar-refractivity contribution in [1.82, 2.24) is 5.32 Å². The first-order valence-electron chi connectivity index (χ1n) is 9.85. The van der Waals surface area contributed by atoms with E-state index in [2.05, 4.69) is 5.32 Å². The van der Waals surface area contributed by atoms with Gasteiger partial charge in [0, 0.05) is 24.7 Å². The van der Waals surface area contributed by atoms with Crippen LogP contribution in [0.4, 0.5) is 5.69 Å². The lowest BCUT2D eigenvalue weighted by atomic mass is 9.83. The van der Waals surface area contributed by atoms with Gasteiger partial charge in [0.25, 0.3) is 5.91 Å². The topological polar surface area (TPSA) is 84.9 Å². The quantitative estimate of drug-likeness (QED) is 0.741. The lowest BCUT2D eigenvalue weighted by Gasteiger charge is -2.40. The van der Waals surface area contributed by atoms with E-state index < -0.39 is 17.9 Å². The zero-order valence-corrected chi connectivity index (χ0v) is 17.4. The Morgan fingerprint density at radius 2 is 1.83 bits per heavy atom. The molecule has 2 aromatic carbocycles. The molecule has 7 heteroatoms. The van der Waals surface area contributed by atoms with Crippen LogP contribution in [0.2, 0.25) is 0 Å². The molecule has 7 nitrogen and oxygen atoms in total. The number of para-hydroxylation sites is 1. The summed E-state index contributed by atoms with van der Waals surface area (Å²) in [4.78, 5) is 39.2. The Morgan fingerprint density at radius 3 is 2.50 bits per heavy atom. The number of methoxy groups -OCH3 is 1. The third-order valence-electron chi connectivity index (χ3n) is 5.29. The molecule has 2 aromatic rings. The van der Waals surface area contributed by atoms with Crippen molar-refractivity contribution in [3.05, 3.63) is 59.7 Å². The number of nitrogens with one attached hydrogen (secondary N) is 1. The fourth-order valence-corrected chi connectivity index (χ4v) is 3.73. The van der Waals surface area contributed by atoms with Crippen LogP contribution < -0.4 is 15.0 Å². The Bertz CT molecular complexity index is 925. The van der Waals surface area contributed by atoms with Crippen molar-refractivity contribution in [2.45, 2.75) is 25.8 Å². The van der Waals surface area contributed by atoms with Crippen LogP contribution in [0.25, 0.3) is 0 Å². The largest absolute Gasteiger partial charge is 0.496 e. The van der Waals surface area contributed by atoms with Gasteiger partial charge in [0.1, 0.15) is 5.75 Å². The van der Waals surface area contributed by atoms with Crippen molar-refractivity contribution < 1.29 is 23.9 Å². The number of piperidine rings is 1. The highest BCUT2D eigenvalue weighted by atomic mass is 16.5. The SMILES string of the molecule is CNC(=O)COC(=O)[C@@H]1CCC(=O)N(c2ccc(C)cc2)[C@@H]1c1ccccc1OC. The van der Waals surface area contributed by atoms with Gasteiger partial charge in [-0.05, 0) is 31.5 Å². The van der Waals surface area contributed by atoms with Gasteiger partial charge in [-0.1, -0.05) is 35.9 Å². The van der Waals surface area contributed by atoms with E-state index in [9.17, 15) is 14.4 Å². The van der Waals surface area contributed by atoms with Crippen LogP contribution in [-0.4, -0.2) is 38.5 Å². The molecular weight excluding hydrogens is 384 g/mol. The van der Waals surface area contributed by atoms with Gasteiger partial charge in [0.2, 0.25) is 5.91 Å². The van der Waals surface area contributed by atoms with Gasteiger partial charge in [-0.2, -0.15) is 0 Å². The minimum absolute atomic E-state index is 0.0786. The highest BCUT2D eigenvalue weighted by Crippen LogP contribution is 2.43. The number of rotatable bonds is 6. The maximum atomic E-state index is 13.0. The first-order chi connectivity index (χ1) is 14.5. The highest BCUT2D eigenvalue weighted by molar-refractivity contribution is 5.97. The Kier molecular flexibility index (Phi) is 6.72. The van der Waals surface area contributed by atoms with Crippen LogP contribution in [0.1, 0.15) is 30.0 Å². The number of hydrogen-bond donors (Lipinski definition) is 1. The molecule has 0 aliphatic carbocycles. The number of hydrogen-bond acceptors (Lipinski definition) is 5. The van der Waals surface area contributed by atoms with Crippen molar-refractivity contribution in [2.24, 2.45) is 5.92 Å². The molecule has 2 amide bonds. The number of carbonyl (C=O) groups excluding carboxylic acids is 3. The maximum absolute atomic E-state index is 13.0. The minimum atomic E-state index is -0.634. The number of likely N-dealkylation sites (N-methyl/N-ethyl adjacent to an activating group) is 1. The molecule has 1 N–H and O–H groups in total. The van der Waals surface area contributed by atoms with E-state index in [1.807, 2.05) is 49.4 Å². The second-order valence-corrected chi connectivity index (χ2v) is 7.21. The first kappa shape index (κ1) is 21.4. The van der Waals surface area contributed by atoms with E-state index in [1.54, 1.807) is 18.1 Å². The van der Waals surface area contributed by atoms with E-state index >= 15 is 0 Å². The molecule has 30 heavy (non-hydrogen) atoms. The molecular formula is C23H26N2O5. The average molecular weight is 410 g/mol. The zero-order valence-electron chi connectivity index (χ0n) is 17.4. The number of benzene rings is 2. The summed E-state index contributed by atoms with van der Waals surface area (Å²) >= 11 is 0. The smallest absolute Gasteiger partial charge is 0.311 e. The molecule has 1 heterocycles. The van der Waals surface area contributed by atoms with E-state index in [4.69, 9.17) is 9.47 Å². The summed E-state index contributed by atoms with van der Waals surface area (Å²) in [7, 11) is 3.03. The molecule has 0 spiro atoms. The van der Waals surface area contributed by atoms with Crippen LogP contribution >= 0.6 is 0 Å². The molecule has 0 saturated carbocycles. The molecule has 0 unspecified atom stereocenters. The van der Waals surface area contributed by atoms with Gasteiger partial charge >= 0.3 is 5.97 Å². The van der Waals surface area contributed by atoms with Gasteiger partial charge in [-0.25, -0.2) is 0 Å². The van der Waals surface area contributed by atoms with Gasteiger partial charge in [-0.15, -0.1) is 0 Å². The second-order valence-electron chi connectivity index (χ2n) is 7.21. The summed E-state index contributed by atoms with van der Waals surface area (Å²) < 4.78 is 10.8. The van der Waals surface area contributed by atoms with E-state index in [0.29, 0.717) is 17.9 Å². The maximum Gasteiger partial charge on any atom is 0.311 e. The summed E-state index contributed by atoms with van der Waals surface area (Å²) in [6.45, 7) is 1.61. The second kappa shape index (κ2) is 9.43. The fraction of sp³-hybridized carbons (Fsp3) is 0.348. The number of esters is 1. The standard InChI is InChI=1S/C23H26N2O5/c1-15-8-10-16(11-9-15)25-21(27)13-12-18(23(28)30-14-20(26)24-2)22(25)17-6-4-5-7-19(17)29-3/h4-11,18,22H,12-14H2,1-3H3,(H,24,26)/t18-,22-/m1/s1. The molecule has 1 saturated heterocycles. The van der Waals surface area contributed by atoms with Gasteiger partial charge < -0.3 is 19.7 Å². The van der Waals surface area contributed by atoms with Crippen LogP contribution in [0.5, 0.6) is 5.75 Å². The number of carbonyl (C=O) groups is 3. The van der Waals surface area contributed by atoms with Crippen molar-refractivity contribution >= 4 is 23.5 Å². The summed E-state index contributed by atoms with van der Waals surface area (Å²) in [5.41, 5.74) is 2.49. The molecule has 3 rings (SSSR count). The minimum Gasteiger partial charge on any atom is -0.496 e. The predicted octanol–water partition coefficient (Wildman–Crippen LogP) is 2.78. The third-order valence-corrected chi connectivity index (χ3v) is 5.29. The summed E-state index contributed by atoms with van der Waals surface area (Å²) in [6.07, 6.45) is 0.537. The molecule has 0 radical (unpaired) electrons. The average Bonchev–Trinajstić information content (AvgIpc) is 2.77. The van der Waals surface area contributed by atoms with Crippen molar-refractivity contribution in [1.29, 1.82) is 0 Å². The Balaban J connectivity index is 2.05. The number of anilines is 1. The van der Waals surface area contributed by atoms with Crippen LogP contribution in [0.15, 0.2) is 48.5 Å². The van der Waals surface area contributed by atoms with Gasteiger partial charge in [0.05, 0.1) is 19.1 Å². The molecule has 1 aliphatic rings. The Morgan fingerprint density at radius 1 is 1.13 bits per heavy atom. The van der Waals surface area contributed by atoms with E-state index in [-0.39, 0.29) is 24.8 Å². The molecule has 1 aliphatic heterocycles. The normalized spacial score (nSPS) is 18.6. The van der Waals surface area contributed by atoms with Crippen LogP contribution in [0, 0.1) is 12.8 Å². The lowest BCUT2D eigenvalue weighted by molar-refractivity contribution is -0.154. The summed E-state index contributed by atoms with van der Waals surface area (Å²) in [5, 5.41) is 2.43. The predicted molar refractivity (Wildman–Crippen MR) is 112 cm³/mol. The molecule has 2 atom stereocenters. The van der Waals surface area contributed by atoms with Crippen LogP contribution in [-0.2, 0) is 19.1 Å². The highest BCUT2D eigenvalue weighted by Gasteiger charge is 2.43. The molecule has 0 aromatic heterocycles. The lowest BCUT2D eigenvalue weighted by Crippen LogP contribution is -2.46. The van der Waals surface area contributed by atoms with Crippen molar-refractivity contribution in [3.8, 4) is 5.75 Å². The van der Waals surface area contributed by atoms with E-state index in [0.717, 1.165) is 11.1 Å². The first-order valence-corrected chi connectivity index (χ1v) is 9.85. The summed E-state index contributed by atoms with van der Waals surface area (Å²) in [6, 6.07) is 14.3. The third kappa shape index (κ3) is 4.45. The summed E-state index contributed by atoms with van der Waals surface area (Å²) in [5.74, 6) is -1.04. The van der Waals surface area contributed by atoms with Crippen molar-refractivity contribution in [2.75, 3.05) is 25.7 Å². The number of ether oxygens (including phenoxy) is 2. The zero-order chi connectivity index (χ0) is 21.7. The Hall–Kier alpha value is -3.35. The fourth-order valence-electron chi connectivity index (χ4n) is 3.73. The number of nitrogens with zero attached hydrogens (tertiary/aromatic N) is 1. The molecule has 158 valence electrons. The number of amides is 2. The van der Waals surface area contributed by atoms with Crippen LogP contribution in [0.3, 0.4) is 0 Å². The van der Waals surface area contributed by atoms with Gasteiger partial charge in [-0.3, -0.25) is 14.4 Å². The molecule has 1 fully saturated rings. The van der Waals surface area contributed by atoms with E-state index in [1.165, 1.54) is 7.05 Å². The number of aryl methyl sites for hydroxylation is 1.